The predicted molar refractivity (Wildman–Crippen MR) is 119 cm³/mol. The quantitative estimate of drug-likeness (QED) is 0.230. The van der Waals surface area contributed by atoms with Crippen molar-refractivity contribution in [1.82, 2.24) is 0 Å². The van der Waals surface area contributed by atoms with Crippen molar-refractivity contribution in [2.75, 3.05) is 0 Å². The molecule has 0 amide bonds. The van der Waals surface area contributed by atoms with E-state index in [0.29, 0.717) is 12.8 Å². The van der Waals surface area contributed by atoms with Gasteiger partial charge in [-0.15, -0.1) is 0 Å². The van der Waals surface area contributed by atoms with Gasteiger partial charge in [0.15, 0.2) is 0 Å². The topological polar surface area (TPSA) is 281 Å². The molecule has 0 aliphatic heterocycles. The fraction of sp³-hybridized carbons (Fsp3) is 0.667. The smallest absolute Gasteiger partial charge is 0.328 e. The summed E-state index contributed by atoms with van der Waals surface area (Å²) in [5.41, 5.74) is -0.754. The third kappa shape index (κ3) is 116. The van der Waals surface area contributed by atoms with E-state index >= 15 is 0 Å². The van der Waals surface area contributed by atoms with E-state index in [2.05, 4.69) is 0 Å². The lowest BCUT2D eigenvalue weighted by molar-refractivity contribution is -0.142. The molecule has 0 spiro atoms. The Morgan fingerprint density at radius 2 is 0.824 bits per heavy atom. The van der Waals surface area contributed by atoms with Gasteiger partial charge in [-0.25, -0.2) is 0 Å². The summed E-state index contributed by atoms with van der Waals surface area (Å²) < 4.78 is 10.7. The maximum atomic E-state index is 10.7. The highest BCUT2D eigenvalue weighted by atomic mass is 31.2. The highest BCUT2D eigenvalue weighted by Crippen LogP contribution is 2.43. The van der Waals surface area contributed by atoms with Crippen molar-refractivity contribution in [2.45, 2.75) is 73.4 Å². The molecular weight excluding hydrogens is 487 g/mol. The maximum Gasteiger partial charge on any atom is 0.328 e. The van der Waals surface area contributed by atoms with E-state index in [0.717, 1.165) is 34.6 Å². The zero-order valence-corrected chi connectivity index (χ0v) is 21.1. The molecule has 0 rings (SSSR count). The first-order valence-corrected chi connectivity index (χ1v) is 10.9. The molecule has 34 heavy (non-hydrogen) atoms. The molecule has 2 atom stereocenters. The van der Waals surface area contributed by atoms with Crippen molar-refractivity contribution in [3.63, 3.8) is 0 Å². The van der Waals surface area contributed by atoms with Gasteiger partial charge in [0.2, 0.25) is 0 Å². The van der Waals surface area contributed by atoms with Crippen LogP contribution in [0, 0.1) is 5.92 Å². The number of carbonyl (C=O) groups is 6. The number of hydrogen-bond donors (Lipinski definition) is 8. The van der Waals surface area contributed by atoms with Crippen LogP contribution >= 0.6 is 7.60 Å². The highest BCUT2D eigenvalue weighted by molar-refractivity contribution is 7.52. The average molecular weight is 524 g/mol. The molecule has 0 bridgehead atoms. The third-order valence-electron chi connectivity index (χ3n) is 2.35. The van der Waals surface area contributed by atoms with Gasteiger partial charge < -0.3 is 40.4 Å². The Morgan fingerprint density at radius 1 is 0.618 bits per heavy atom. The van der Waals surface area contributed by atoms with Crippen LogP contribution in [0.5, 0.6) is 0 Å². The van der Waals surface area contributed by atoms with Gasteiger partial charge >= 0.3 is 13.6 Å². The Morgan fingerprint density at radius 3 is 0.941 bits per heavy atom. The molecule has 2 unspecified atom stereocenters. The van der Waals surface area contributed by atoms with Crippen LogP contribution in [-0.2, 0) is 33.3 Å². The normalized spacial score (nSPS) is 10.4. The van der Waals surface area contributed by atoms with Crippen LogP contribution in [0.4, 0.5) is 0 Å². The molecular formula is C18H37O15P. The van der Waals surface area contributed by atoms with Gasteiger partial charge in [0.25, 0.3) is 29.8 Å². The number of aliphatic carboxylic acids is 6. The summed E-state index contributed by atoms with van der Waals surface area (Å²) in [6.45, 7) is 8.61. The Labute approximate surface area is 197 Å². The molecule has 15 nitrogen and oxygen atoms in total. The van der Waals surface area contributed by atoms with Crippen molar-refractivity contribution in [2.24, 2.45) is 5.92 Å². The summed E-state index contributed by atoms with van der Waals surface area (Å²) in [5.74, 6) is -5.56. The van der Waals surface area contributed by atoms with E-state index in [9.17, 15) is 9.36 Å². The van der Waals surface area contributed by atoms with Crippen LogP contribution in [0.3, 0.4) is 0 Å². The molecule has 0 heterocycles. The first-order chi connectivity index (χ1) is 14.9. The monoisotopic (exact) mass is 524 g/mol. The zero-order valence-electron chi connectivity index (χ0n) is 20.2. The number of hydrogen-bond acceptors (Lipinski definition) is 7. The van der Waals surface area contributed by atoms with E-state index in [1.54, 1.807) is 6.92 Å². The molecule has 0 saturated heterocycles. The van der Waals surface area contributed by atoms with E-state index in [-0.39, 0.29) is 6.42 Å². The number of carboxylic acid groups (broad SMARTS) is 6. The Balaban J connectivity index is -0.0000000805. The van der Waals surface area contributed by atoms with E-state index in [1.165, 1.54) is 6.92 Å². The lowest BCUT2D eigenvalue weighted by Gasteiger charge is -2.15. The fourth-order valence-corrected chi connectivity index (χ4v) is 1.60. The van der Waals surface area contributed by atoms with Crippen LogP contribution in [0.2, 0.25) is 0 Å². The molecule has 0 aromatic rings. The molecule has 0 aliphatic rings. The first kappa shape index (κ1) is 44.6. The van der Waals surface area contributed by atoms with Crippen LogP contribution in [0.1, 0.15) is 67.7 Å². The lowest BCUT2D eigenvalue weighted by atomic mass is 10.00. The van der Waals surface area contributed by atoms with Crippen LogP contribution < -0.4 is 0 Å². The Bertz CT molecular complexity index is 548. The van der Waals surface area contributed by atoms with Gasteiger partial charge in [-0.2, -0.15) is 0 Å². The minimum Gasteiger partial charge on any atom is -0.481 e. The van der Waals surface area contributed by atoms with Crippen molar-refractivity contribution in [3.8, 4) is 0 Å². The third-order valence-corrected chi connectivity index (χ3v) is 3.76. The van der Waals surface area contributed by atoms with Gasteiger partial charge in [0.1, 0.15) is 0 Å². The van der Waals surface area contributed by atoms with E-state index in [4.69, 9.17) is 64.4 Å². The van der Waals surface area contributed by atoms with Crippen molar-refractivity contribution >= 4 is 43.4 Å². The predicted octanol–water partition coefficient (Wildman–Crippen LogP) is 1.90. The molecule has 16 heteroatoms. The van der Waals surface area contributed by atoms with Crippen LogP contribution in [0.15, 0.2) is 0 Å². The van der Waals surface area contributed by atoms with Crippen molar-refractivity contribution in [3.05, 3.63) is 0 Å². The average Bonchev–Trinajstić information content (AvgIpc) is 2.51. The molecule has 0 radical (unpaired) electrons. The maximum absolute atomic E-state index is 10.7. The summed E-state index contributed by atoms with van der Waals surface area (Å²) in [5, 5.41) is 45.8. The largest absolute Gasteiger partial charge is 0.481 e. The highest BCUT2D eigenvalue weighted by Gasteiger charge is 2.25. The number of carboxylic acids is 6. The molecule has 0 aliphatic carbocycles. The van der Waals surface area contributed by atoms with Crippen LogP contribution in [-0.4, -0.2) is 81.9 Å². The van der Waals surface area contributed by atoms with E-state index in [1.807, 2.05) is 0 Å². The zero-order chi connectivity index (χ0) is 29.2. The van der Waals surface area contributed by atoms with Crippen molar-refractivity contribution in [1.29, 1.82) is 0 Å². The Hall–Kier alpha value is -3.03. The second-order valence-corrected chi connectivity index (χ2v) is 8.11. The summed E-state index contributed by atoms with van der Waals surface area (Å²) in [4.78, 5) is 73.1. The summed E-state index contributed by atoms with van der Waals surface area (Å²) >= 11 is 0. The van der Waals surface area contributed by atoms with Gasteiger partial charge in [0.05, 0.1) is 11.6 Å². The minimum atomic E-state index is -4.05. The molecule has 8 N–H and O–H groups in total. The molecule has 0 saturated carbocycles. The number of rotatable bonds is 6. The molecule has 0 aromatic heterocycles. The second-order valence-electron chi connectivity index (χ2n) is 6.05. The molecule has 0 aromatic carbocycles. The Kier molecular flexibility index (Phi) is 36.7. The summed E-state index contributed by atoms with van der Waals surface area (Å²) in [6, 6.07) is 0. The fourth-order valence-electron chi connectivity index (χ4n) is 1.11. The first-order valence-electron chi connectivity index (χ1n) is 9.21. The standard InChI is InChI=1S/C8H17O5P.5C2H4O2/c1-3-7(8(9)10)5-4-6(2)14(11,12)13;5*1-2(3)4/h6-7H,3-5H2,1-2H3,(H,9,10)(H2,11,12,13);5*1H3,(H,3,4). The summed E-state index contributed by atoms with van der Waals surface area (Å²) in [6.07, 6.45) is 1.05. The van der Waals surface area contributed by atoms with Gasteiger partial charge in [0, 0.05) is 34.6 Å². The van der Waals surface area contributed by atoms with Gasteiger partial charge in [-0.1, -0.05) is 13.8 Å². The van der Waals surface area contributed by atoms with Crippen LogP contribution in [0.25, 0.3) is 0 Å². The van der Waals surface area contributed by atoms with Crippen molar-refractivity contribution < 1.29 is 73.8 Å². The van der Waals surface area contributed by atoms with Gasteiger partial charge in [-0.3, -0.25) is 33.3 Å². The van der Waals surface area contributed by atoms with E-state index < -0.39 is 55.0 Å². The second kappa shape index (κ2) is 28.0. The lowest BCUT2D eigenvalue weighted by Crippen LogP contribution is -2.15. The molecule has 204 valence electrons. The van der Waals surface area contributed by atoms with Gasteiger partial charge in [-0.05, 0) is 19.3 Å². The molecule has 0 fully saturated rings. The minimum absolute atomic E-state index is 0.245. The SMILES string of the molecule is CC(=O)O.CC(=O)O.CC(=O)O.CC(=O)O.CC(=O)O.CCC(CCC(C)P(=O)(O)O)C(=O)O. The summed E-state index contributed by atoms with van der Waals surface area (Å²) in [7, 11) is -4.05.